The third kappa shape index (κ3) is 6.04. The highest BCUT2D eigenvalue weighted by molar-refractivity contribution is 6.17. The van der Waals surface area contributed by atoms with E-state index in [-0.39, 0.29) is 17.9 Å². The van der Waals surface area contributed by atoms with Crippen LogP contribution in [0.5, 0.6) is 5.88 Å². The predicted molar refractivity (Wildman–Crippen MR) is 116 cm³/mol. The van der Waals surface area contributed by atoms with E-state index in [1.165, 1.54) is 31.3 Å². The summed E-state index contributed by atoms with van der Waals surface area (Å²) in [5.41, 5.74) is -0.398. The van der Waals surface area contributed by atoms with Crippen molar-refractivity contribution in [2.24, 2.45) is 4.99 Å². The minimum Gasteiger partial charge on any atom is -0.478 e. The molecule has 1 aromatic heterocycles. The molecule has 34 heavy (non-hydrogen) atoms. The Bertz CT molecular complexity index is 1150. The van der Waals surface area contributed by atoms with E-state index in [1.807, 2.05) is 0 Å². The fraction of sp³-hybridized carbons (Fsp3) is 0.304. The van der Waals surface area contributed by atoms with E-state index in [0.29, 0.717) is 23.8 Å². The van der Waals surface area contributed by atoms with Crippen molar-refractivity contribution in [3.8, 4) is 5.88 Å². The second-order valence-corrected chi connectivity index (χ2v) is 7.13. The summed E-state index contributed by atoms with van der Waals surface area (Å²) in [5.74, 6) is -2.49. The van der Waals surface area contributed by atoms with Crippen molar-refractivity contribution in [1.29, 1.82) is 0 Å². The molecule has 1 aliphatic rings. The van der Waals surface area contributed by atoms with E-state index in [4.69, 9.17) is 9.47 Å². The molecule has 1 N–H and O–H groups in total. The number of ether oxygens (including phenoxy) is 2. The zero-order valence-electron chi connectivity index (χ0n) is 18.3. The van der Waals surface area contributed by atoms with E-state index in [1.54, 1.807) is 13.0 Å². The highest BCUT2D eigenvalue weighted by atomic mass is 19.4. The summed E-state index contributed by atoms with van der Waals surface area (Å²) in [4.78, 5) is 31.4. The van der Waals surface area contributed by atoms with Crippen LogP contribution in [0.15, 0.2) is 41.5 Å². The minimum atomic E-state index is -4.73. The van der Waals surface area contributed by atoms with Crippen LogP contribution in [0, 0.1) is 5.82 Å². The van der Waals surface area contributed by atoms with Gasteiger partial charge < -0.3 is 14.8 Å². The van der Waals surface area contributed by atoms with Crippen LogP contribution in [0.25, 0.3) is 5.57 Å². The van der Waals surface area contributed by atoms with Gasteiger partial charge in [-0.05, 0) is 48.8 Å². The van der Waals surface area contributed by atoms with Gasteiger partial charge in [0.15, 0.2) is 6.10 Å². The van der Waals surface area contributed by atoms with Crippen molar-refractivity contribution in [2.75, 3.05) is 18.5 Å². The lowest BCUT2D eigenvalue weighted by Crippen LogP contribution is -2.23. The molecule has 1 unspecified atom stereocenters. The van der Waals surface area contributed by atoms with Crippen LogP contribution < -0.4 is 10.1 Å². The molecule has 3 rings (SSSR count). The molecular formula is C23H21F4N3O4. The molecule has 11 heteroatoms. The van der Waals surface area contributed by atoms with Gasteiger partial charge in [-0.1, -0.05) is 12.1 Å². The molecule has 2 amide bonds. The topological polar surface area (TPSA) is 89.9 Å². The quantitative estimate of drug-likeness (QED) is 0.573. The zero-order valence-corrected chi connectivity index (χ0v) is 18.3. The maximum Gasteiger partial charge on any atom is 0.421 e. The van der Waals surface area contributed by atoms with E-state index < -0.39 is 47.8 Å². The summed E-state index contributed by atoms with van der Waals surface area (Å²) < 4.78 is 64.6. The first kappa shape index (κ1) is 25.0. The summed E-state index contributed by atoms with van der Waals surface area (Å²) in [7, 11) is 0. The number of anilines is 1. The third-order valence-electron chi connectivity index (χ3n) is 4.71. The predicted octanol–water partition coefficient (Wildman–Crippen LogP) is 4.22. The first-order valence-electron chi connectivity index (χ1n) is 10.3. The van der Waals surface area contributed by atoms with Crippen molar-refractivity contribution in [1.82, 2.24) is 4.98 Å². The van der Waals surface area contributed by atoms with Crippen molar-refractivity contribution >= 4 is 29.3 Å². The van der Waals surface area contributed by atoms with Gasteiger partial charge in [-0.2, -0.15) is 13.2 Å². The molecule has 0 radical (unpaired) electrons. The number of aliphatic imine (C=N–C) groups is 1. The van der Waals surface area contributed by atoms with Crippen LogP contribution in [0.2, 0.25) is 0 Å². The van der Waals surface area contributed by atoms with Crippen LogP contribution in [-0.4, -0.2) is 42.3 Å². The molecule has 0 bridgehead atoms. The number of alkyl halides is 3. The van der Waals surface area contributed by atoms with Crippen molar-refractivity contribution in [3.63, 3.8) is 0 Å². The van der Waals surface area contributed by atoms with Gasteiger partial charge in [0.05, 0.1) is 24.9 Å². The first-order valence-corrected chi connectivity index (χ1v) is 10.3. The number of aromatic nitrogens is 1. The van der Waals surface area contributed by atoms with E-state index in [9.17, 15) is 27.2 Å². The molecule has 2 heterocycles. The van der Waals surface area contributed by atoms with E-state index in [0.717, 1.165) is 6.20 Å². The number of nitrogens with one attached hydrogen (secondary N) is 1. The van der Waals surface area contributed by atoms with Gasteiger partial charge in [0.1, 0.15) is 11.4 Å². The van der Waals surface area contributed by atoms with Crippen molar-refractivity contribution in [3.05, 3.63) is 59.0 Å². The van der Waals surface area contributed by atoms with Gasteiger partial charge in [-0.3, -0.25) is 9.59 Å². The average Bonchev–Trinajstić information content (AvgIpc) is 2.77. The smallest absolute Gasteiger partial charge is 0.421 e. The molecule has 0 aliphatic carbocycles. The summed E-state index contributed by atoms with van der Waals surface area (Å²) in [5, 5.41) is 2.29. The lowest BCUT2D eigenvalue weighted by molar-refractivity contribution is -0.139. The lowest BCUT2D eigenvalue weighted by atomic mass is 10.00. The number of carbonyl (C=O) groups excluding carboxylic acids is 2. The number of benzene rings is 1. The normalized spacial score (nSPS) is 15.8. The molecule has 0 spiro atoms. The maximum atomic E-state index is 14.7. The minimum absolute atomic E-state index is 0.0115. The summed E-state index contributed by atoms with van der Waals surface area (Å²) >= 11 is 0. The maximum absolute atomic E-state index is 14.7. The zero-order chi connectivity index (χ0) is 24.9. The number of halogens is 4. The largest absolute Gasteiger partial charge is 0.478 e. The number of hydrogen-bond acceptors (Lipinski definition) is 5. The van der Waals surface area contributed by atoms with Gasteiger partial charge in [0.2, 0.25) is 11.8 Å². The van der Waals surface area contributed by atoms with Gasteiger partial charge in [-0.25, -0.2) is 14.4 Å². The fourth-order valence-electron chi connectivity index (χ4n) is 3.18. The number of carbonyl (C=O) groups is 2. The van der Waals surface area contributed by atoms with E-state index >= 15 is 0 Å². The molecule has 1 aromatic carbocycles. The third-order valence-corrected chi connectivity index (χ3v) is 4.71. The Morgan fingerprint density at radius 2 is 1.94 bits per heavy atom. The van der Waals surface area contributed by atoms with Crippen LogP contribution in [-0.2, 0) is 26.9 Å². The second-order valence-electron chi connectivity index (χ2n) is 7.13. The number of rotatable bonds is 8. The standard InChI is InChI=1S/C23H21F4N3O4/c1-3-33-19-8-15(11-28-21(19)32)13-5-6-14(18(24)7-13)9-20(31)30-16-10-17(23(25,26)27)22(29-12-16)34-4-2/h5-8,10-12,19H,3-4,9H2,1-2H3,(H,30,31). The number of hydrogen-bond donors (Lipinski definition) is 1. The number of amides is 2. The Hall–Kier alpha value is -3.60. The second kappa shape index (κ2) is 10.6. The summed E-state index contributed by atoms with van der Waals surface area (Å²) in [6.07, 6.45) is -2.16. The molecule has 0 saturated carbocycles. The highest BCUT2D eigenvalue weighted by Crippen LogP contribution is 2.36. The number of nitrogens with zero attached hydrogens (tertiary/aromatic N) is 2. The molecule has 1 atom stereocenters. The SMILES string of the molecule is CCOc1ncc(NC(=O)Cc2ccc(C3=CC(OCC)C(=O)N=C3)cc2F)cc1C(F)(F)F. The molecule has 2 aromatic rings. The molecule has 0 saturated heterocycles. The summed E-state index contributed by atoms with van der Waals surface area (Å²) in [6, 6.07) is 4.81. The number of allylic oxidation sites excluding steroid dienone is 1. The Morgan fingerprint density at radius 1 is 1.18 bits per heavy atom. The van der Waals surface area contributed by atoms with Crippen molar-refractivity contribution < 1.29 is 36.6 Å². The molecule has 1 aliphatic heterocycles. The molecular weight excluding hydrogens is 458 g/mol. The molecule has 7 nitrogen and oxygen atoms in total. The molecule has 180 valence electrons. The Kier molecular flexibility index (Phi) is 7.77. The van der Waals surface area contributed by atoms with Crippen LogP contribution >= 0.6 is 0 Å². The number of pyridine rings is 1. The Morgan fingerprint density at radius 3 is 2.59 bits per heavy atom. The van der Waals surface area contributed by atoms with Crippen LogP contribution in [0.4, 0.5) is 23.2 Å². The van der Waals surface area contributed by atoms with E-state index in [2.05, 4.69) is 15.3 Å². The van der Waals surface area contributed by atoms with Gasteiger partial charge in [0, 0.05) is 12.8 Å². The Balaban J connectivity index is 1.73. The molecule has 0 fully saturated rings. The lowest BCUT2D eigenvalue weighted by Gasteiger charge is -2.15. The monoisotopic (exact) mass is 479 g/mol. The van der Waals surface area contributed by atoms with Gasteiger partial charge in [0.25, 0.3) is 5.91 Å². The summed E-state index contributed by atoms with van der Waals surface area (Å²) in [6.45, 7) is 3.53. The number of dihydropyridines is 1. The highest BCUT2D eigenvalue weighted by Gasteiger charge is 2.36. The van der Waals surface area contributed by atoms with Crippen LogP contribution in [0.3, 0.4) is 0 Å². The van der Waals surface area contributed by atoms with Crippen LogP contribution in [0.1, 0.15) is 30.5 Å². The first-order chi connectivity index (χ1) is 16.1. The average molecular weight is 479 g/mol. The van der Waals surface area contributed by atoms with Gasteiger partial charge >= 0.3 is 6.18 Å². The fourth-order valence-corrected chi connectivity index (χ4v) is 3.18. The van der Waals surface area contributed by atoms with Gasteiger partial charge in [-0.15, -0.1) is 0 Å². The van der Waals surface area contributed by atoms with Crippen molar-refractivity contribution in [2.45, 2.75) is 32.5 Å². The Labute approximate surface area is 192 Å².